The first-order valence-corrected chi connectivity index (χ1v) is 6.92. The molecule has 6 heteroatoms. The molecule has 0 atom stereocenters. The molecule has 0 unspecified atom stereocenters. The first kappa shape index (κ1) is 11.9. The van der Waals surface area contributed by atoms with Gasteiger partial charge in [-0.25, -0.2) is 0 Å². The van der Waals surface area contributed by atoms with Gasteiger partial charge in [-0.1, -0.05) is 0 Å². The molecular weight excluding hydrogens is 242 g/mol. The lowest BCUT2D eigenvalue weighted by Crippen LogP contribution is -2.35. The van der Waals surface area contributed by atoms with Crippen molar-refractivity contribution in [2.75, 3.05) is 31.1 Å². The van der Waals surface area contributed by atoms with Crippen LogP contribution in [0.15, 0.2) is 17.1 Å². The molecule has 0 saturated carbocycles. The van der Waals surface area contributed by atoms with E-state index in [0.29, 0.717) is 4.77 Å². The molecule has 0 bridgehead atoms. The van der Waals surface area contributed by atoms with E-state index in [4.69, 9.17) is 12.2 Å². The summed E-state index contributed by atoms with van der Waals surface area (Å²) in [5.41, 5.74) is -0.129. The summed E-state index contributed by atoms with van der Waals surface area (Å²) in [6.45, 7) is 4.16. The Morgan fingerprint density at radius 2 is 2.12 bits per heavy atom. The van der Waals surface area contributed by atoms with E-state index in [1.165, 1.54) is 17.6 Å². The normalized spacial score (nSPS) is 17.5. The van der Waals surface area contributed by atoms with Crippen LogP contribution in [0.1, 0.15) is 0 Å². The zero-order chi connectivity index (χ0) is 11.4. The summed E-state index contributed by atoms with van der Waals surface area (Å²) in [5, 5.41) is 0. The van der Waals surface area contributed by atoms with Crippen LogP contribution in [0.5, 0.6) is 0 Å². The molecule has 2 rings (SSSR count). The number of hydrogen-bond acceptors (Lipinski definition) is 4. The third-order valence-electron chi connectivity index (χ3n) is 2.66. The molecule has 1 aliphatic heterocycles. The molecule has 0 amide bonds. The third-order valence-corrected chi connectivity index (χ3v) is 3.94. The molecule has 1 fully saturated rings. The zero-order valence-electron chi connectivity index (χ0n) is 9.02. The van der Waals surface area contributed by atoms with E-state index in [2.05, 4.69) is 9.88 Å². The molecule has 1 N–H and O–H groups in total. The fraction of sp³-hybridized carbons (Fsp3) is 0.600. The molecule has 4 nitrogen and oxygen atoms in total. The maximum Gasteiger partial charge on any atom is 0.251 e. The SMILES string of the molecule is O=c1ccn(CCN2CCSCC2)c(=S)[nH]1. The highest BCUT2D eigenvalue weighted by atomic mass is 32.2. The van der Waals surface area contributed by atoms with Gasteiger partial charge in [0.1, 0.15) is 0 Å². The Morgan fingerprint density at radius 3 is 2.81 bits per heavy atom. The van der Waals surface area contributed by atoms with Gasteiger partial charge in [-0.15, -0.1) is 0 Å². The van der Waals surface area contributed by atoms with Crippen LogP contribution in [0, 0.1) is 4.77 Å². The standard InChI is InChI=1S/C10H15N3OS2/c14-9-1-2-13(10(15)11-9)4-3-12-5-7-16-8-6-12/h1-2H,3-8H2,(H,11,14,15). The maximum atomic E-state index is 11.0. The number of H-pyrrole nitrogens is 1. The average molecular weight is 257 g/mol. The van der Waals surface area contributed by atoms with E-state index in [1.54, 1.807) is 6.20 Å². The quantitative estimate of drug-likeness (QED) is 0.819. The van der Waals surface area contributed by atoms with Gasteiger partial charge in [0.25, 0.3) is 5.56 Å². The number of hydrogen-bond donors (Lipinski definition) is 1. The maximum absolute atomic E-state index is 11.0. The fourth-order valence-electron chi connectivity index (χ4n) is 1.69. The summed E-state index contributed by atoms with van der Waals surface area (Å²) < 4.78 is 2.43. The van der Waals surface area contributed by atoms with Crippen LogP contribution in [0.3, 0.4) is 0 Å². The van der Waals surface area contributed by atoms with Crippen LogP contribution < -0.4 is 5.56 Å². The molecule has 1 aromatic rings. The summed E-state index contributed by atoms with van der Waals surface area (Å²) in [6, 6.07) is 1.52. The predicted octanol–water partition coefficient (Wildman–Crippen LogP) is 0.955. The smallest absolute Gasteiger partial charge is 0.251 e. The van der Waals surface area contributed by atoms with E-state index in [9.17, 15) is 4.79 Å². The van der Waals surface area contributed by atoms with E-state index in [-0.39, 0.29) is 5.56 Å². The van der Waals surface area contributed by atoms with Crippen molar-refractivity contribution < 1.29 is 0 Å². The lowest BCUT2D eigenvalue weighted by atomic mass is 10.4. The Hall–Kier alpha value is -0.590. The second-order valence-electron chi connectivity index (χ2n) is 3.76. The molecule has 0 spiro atoms. The van der Waals surface area contributed by atoms with E-state index in [1.807, 2.05) is 16.3 Å². The Kier molecular flexibility index (Phi) is 4.20. The second kappa shape index (κ2) is 5.65. The van der Waals surface area contributed by atoms with Crippen LogP contribution in [-0.4, -0.2) is 45.6 Å². The first-order valence-electron chi connectivity index (χ1n) is 5.35. The summed E-state index contributed by atoms with van der Waals surface area (Å²) in [6.07, 6.45) is 1.76. The van der Waals surface area contributed by atoms with Gasteiger partial charge in [0.15, 0.2) is 4.77 Å². The molecule has 0 aromatic carbocycles. The van der Waals surface area contributed by atoms with Crippen LogP contribution in [0.2, 0.25) is 0 Å². The second-order valence-corrected chi connectivity index (χ2v) is 5.37. The summed E-state index contributed by atoms with van der Waals surface area (Å²) in [7, 11) is 0. The monoisotopic (exact) mass is 257 g/mol. The molecule has 0 radical (unpaired) electrons. The number of thioether (sulfide) groups is 1. The predicted molar refractivity (Wildman–Crippen MR) is 69.7 cm³/mol. The highest BCUT2D eigenvalue weighted by Gasteiger charge is 2.09. The van der Waals surface area contributed by atoms with Gasteiger partial charge in [-0.05, 0) is 12.2 Å². The highest BCUT2D eigenvalue weighted by molar-refractivity contribution is 7.99. The van der Waals surface area contributed by atoms with E-state index < -0.39 is 0 Å². The van der Waals surface area contributed by atoms with Crippen LogP contribution in [0.4, 0.5) is 0 Å². The first-order chi connectivity index (χ1) is 7.75. The van der Waals surface area contributed by atoms with Crippen LogP contribution in [-0.2, 0) is 6.54 Å². The van der Waals surface area contributed by atoms with Gasteiger partial charge in [-0.2, -0.15) is 11.8 Å². The Morgan fingerprint density at radius 1 is 1.38 bits per heavy atom. The highest BCUT2D eigenvalue weighted by Crippen LogP contribution is 2.08. The van der Waals surface area contributed by atoms with Gasteiger partial charge in [0.05, 0.1) is 0 Å². The Balaban J connectivity index is 1.93. The Bertz CT molecular complexity index is 448. The fourth-order valence-corrected chi connectivity index (χ4v) is 2.93. The van der Waals surface area contributed by atoms with Gasteiger partial charge in [0.2, 0.25) is 0 Å². The van der Waals surface area contributed by atoms with Crippen molar-refractivity contribution in [2.24, 2.45) is 0 Å². The van der Waals surface area contributed by atoms with Gasteiger partial charge in [0, 0.05) is 49.9 Å². The number of nitrogens with zero attached hydrogens (tertiary/aromatic N) is 2. The molecule has 16 heavy (non-hydrogen) atoms. The van der Waals surface area contributed by atoms with Crippen molar-refractivity contribution in [3.63, 3.8) is 0 Å². The van der Waals surface area contributed by atoms with Crippen molar-refractivity contribution in [2.45, 2.75) is 6.54 Å². The number of rotatable bonds is 3. The van der Waals surface area contributed by atoms with Gasteiger partial charge >= 0.3 is 0 Å². The van der Waals surface area contributed by atoms with Gasteiger partial charge < -0.3 is 4.57 Å². The topological polar surface area (TPSA) is 41.0 Å². The lowest BCUT2D eigenvalue weighted by Gasteiger charge is -2.26. The molecule has 1 aliphatic rings. The molecule has 88 valence electrons. The van der Waals surface area contributed by atoms with E-state index >= 15 is 0 Å². The van der Waals surface area contributed by atoms with Crippen molar-refractivity contribution in [1.82, 2.24) is 14.5 Å². The largest absolute Gasteiger partial charge is 0.324 e. The van der Waals surface area contributed by atoms with Crippen LogP contribution in [0.25, 0.3) is 0 Å². The molecule has 0 aliphatic carbocycles. The van der Waals surface area contributed by atoms with Crippen molar-refractivity contribution in [3.05, 3.63) is 27.4 Å². The van der Waals surface area contributed by atoms with Crippen molar-refractivity contribution in [1.29, 1.82) is 0 Å². The summed E-state index contributed by atoms with van der Waals surface area (Å²) in [4.78, 5) is 16.1. The minimum atomic E-state index is -0.129. The number of aromatic amines is 1. The lowest BCUT2D eigenvalue weighted by molar-refractivity contribution is 0.288. The summed E-state index contributed by atoms with van der Waals surface area (Å²) >= 11 is 7.10. The third kappa shape index (κ3) is 3.20. The number of nitrogens with one attached hydrogen (secondary N) is 1. The zero-order valence-corrected chi connectivity index (χ0v) is 10.6. The van der Waals surface area contributed by atoms with E-state index in [0.717, 1.165) is 26.2 Å². The number of aromatic nitrogens is 2. The van der Waals surface area contributed by atoms with Crippen LogP contribution >= 0.6 is 24.0 Å². The molecular formula is C10H15N3OS2. The minimum absolute atomic E-state index is 0.129. The van der Waals surface area contributed by atoms with Gasteiger partial charge in [-0.3, -0.25) is 14.7 Å². The van der Waals surface area contributed by atoms with Crippen molar-refractivity contribution in [3.8, 4) is 0 Å². The van der Waals surface area contributed by atoms with Crippen molar-refractivity contribution >= 4 is 24.0 Å². The molecule has 1 saturated heterocycles. The Labute approximate surface area is 104 Å². The summed E-state index contributed by atoms with van der Waals surface area (Å²) in [5.74, 6) is 2.44. The average Bonchev–Trinajstić information content (AvgIpc) is 2.29. The molecule has 2 heterocycles. The molecule has 1 aromatic heterocycles. The minimum Gasteiger partial charge on any atom is -0.324 e.